The summed E-state index contributed by atoms with van der Waals surface area (Å²) in [5, 5.41) is 21.1. The van der Waals surface area contributed by atoms with E-state index < -0.39 is 6.10 Å². The molecule has 0 spiro atoms. The number of carbonyl (C=O) groups excluding carboxylic acids is 1. The number of aliphatic hydroxyl groups is 1. The highest BCUT2D eigenvalue weighted by molar-refractivity contribution is 7.99. The molecule has 0 aliphatic carbocycles. The first kappa shape index (κ1) is 14.9. The second kappa shape index (κ2) is 7.32. The molecule has 2 heterocycles. The van der Waals surface area contributed by atoms with E-state index in [1.54, 1.807) is 11.7 Å². The van der Waals surface area contributed by atoms with E-state index in [1.807, 2.05) is 13.8 Å². The van der Waals surface area contributed by atoms with Crippen molar-refractivity contribution in [2.45, 2.75) is 44.1 Å². The molecule has 1 fully saturated rings. The number of esters is 1. The lowest BCUT2D eigenvalue weighted by atomic mass is 10.1. The highest BCUT2D eigenvalue weighted by Gasteiger charge is 2.27. The van der Waals surface area contributed by atoms with Crippen LogP contribution in [0.1, 0.15) is 26.7 Å². The predicted octanol–water partition coefficient (Wildman–Crippen LogP) is 0.395. The molecule has 2 atom stereocenters. The molecule has 102 valence electrons. The number of rotatable bonds is 3. The van der Waals surface area contributed by atoms with Crippen molar-refractivity contribution in [3.8, 4) is 0 Å². The maximum absolute atomic E-state index is 11.1. The van der Waals surface area contributed by atoms with Gasteiger partial charge in [0, 0.05) is 19.2 Å². The van der Waals surface area contributed by atoms with Crippen LogP contribution >= 0.6 is 11.8 Å². The Kier molecular flexibility index (Phi) is 6.06. The fourth-order valence-electron chi connectivity index (χ4n) is 1.47. The van der Waals surface area contributed by atoms with Crippen molar-refractivity contribution < 1.29 is 14.6 Å². The Bertz CT molecular complexity index is 385. The Morgan fingerprint density at radius 1 is 1.56 bits per heavy atom. The minimum absolute atomic E-state index is 0.0900. The van der Waals surface area contributed by atoms with Crippen molar-refractivity contribution in [1.29, 1.82) is 0 Å². The quantitative estimate of drug-likeness (QED) is 0.630. The van der Waals surface area contributed by atoms with Gasteiger partial charge >= 0.3 is 5.97 Å². The standard InChI is InChI=1S/C8H12N4O3S.C2H6/c1-12-8(9-10-11-12)16-4-6-2-5(13)3-7(14)15-6;1-2/h5-6,13H,2-4H2,1H3;1-2H3. The van der Waals surface area contributed by atoms with Crippen LogP contribution in [0.5, 0.6) is 0 Å². The number of hydrogen-bond donors (Lipinski definition) is 1. The molecule has 18 heavy (non-hydrogen) atoms. The van der Waals surface area contributed by atoms with Crippen LogP contribution in [0.15, 0.2) is 5.16 Å². The number of ether oxygens (including phenoxy) is 1. The molecule has 2 unspecified atom stereocenters. The third-order valence-electron chi connectivity index (χ3n) is 2.21. The summed E-state index contributed by atoms with van der Waals surface area (Å²) in [7, 11) is 1.74. The zero-order chi connectivity index (χ0) is 13.5. The van der Waals surface area contributed by atoms with Crippen LogP contribution in [0.2, 0.25) is 0 Å². The summed E-state index contributed by atoms with van der Waals surface area (Å²) in [6.07, 6.45) is -0.293. The van der Waals surface area contributed by atoms with Crippen LogP contribution in [0.4, 0.5) is 0 Å². The highest BCUT2D eigenvalue weighted by atomic mass is 32.2. The van der Waals surface area contributed by atoms with Crippen LogP contribution in [0.25, 0.3) is 0 Å². The maximum atomic E-state index is 11.1. The largest absolute Gasteiger partial charge is 0.461 e. The molecule has 1 aliphatic heterocycles. The number of aliphatic hydroxyl groups excluding tert-OH is 1. The Labute approximate surface area is 110 Å². The highest BCUT2D eigenvalue weighted by Crippen LogP contribution is 2.21. The van der Waals surface area contributed by atoms with Crippen molar-refractivity contribution in [2.24, 2.45) is 7.05 Å². The number of tetrazole rings is 1. The number of aryl methyl sites for hydroxylation is 1. The Morgan fingerprint density at radius 3 is 2.83 bits per heavy atom. The normalized spacial score (nSPS) is 23.0. The van der Waals surface area contributed by atoms with Crippen molar-refractivity contribution in [3.63, 3.8) is 0 Å². The van der Waals surface area contributed by atoms with Gasteiger partial charge in [0.1, 0.15) is 6.10 Å². The van der Waals surface area contributed by atoms with Crippen molar-refractivity contribution >= 4 is 17.7 Å². The van der Waals surface area contributed by atoms with E-state index in [4.69, 9.17) is 4.74 Å². The summed E-state index contributed by atoms with van der Waals surface area (Å²) >= 11 is 1.40. The fourth-order valence-corrected chi connectivity index (χ4v) is 2.33. The van der Waals surface area contributed by atoms with E-state index in [0.717, 1.165) is 0 Å². The van der Waals surface area contributed by atoms with Gasteiger partial charge in [-0.1, -0.05) is 25.6 Å². The van der Waals surface area contributed by atoms with Gasteiger partial charge in [-0.3, -0.25) is 4.79 Å². The Morgan fingerprint density at radius 2 is 2.28 bits per heavy atom. The topological polar surface area (TPSA) is 90.1 Å². The van der Waals surface area contributed by atoms with Crippen molar-refractivity contribution in [2.75, 3.05) is 5.75 Å². The molecule has 1 aromatic heterocycles. The van der Waals surface area contributed by atoms with Gasteiger partial charge in [-0.15, -0.1) is 5.10 Å². The van der Waals surface area contributed by atoms with Crippen LogP contribution in [0, 0.1) is 0 Å². The summed E-state index contributed by atoms with van der Waals surface area (Å²) in [6, 6.07) is 0. The average Bonchev–Trinajstić information content (AvgIpc) is 2.74. The van der Waals surface area contributed by atoms with E-state index >= 15 is 0 Å². The van der Waals surface area contributed by atoms with E-state index in [0.29, 0.717) is 17.3 Å². The maximum Gasteiger partial charge on any atom is 0.308 e. The molecule has 0 radical (unpaired) electrons. The van der Waals surface area contributed by atoms with E-state index in [9.17, 15) is 9.90 Å². The number of hydrogen-bond acceptors (Lipinski definition) is 7. The second-order valence-corrected chi connectivity index (χ2v) is 4.59. The lowest BCUT2D eigenvalue weighted by Crippen LogP contribution is -2.34. The summed E-state index contributed by atoms with van der Waals surface area (Å²) in [4.78, 5) is 11.1. The number of nitrogens with zero attached hydrogens (tertiary/aromatic N) is 4. The fraction of sp³-hybridized carbons (Fsp3) is 0.800. The van der Waals surface area contributed by atoms with Gasteiger partial charge in [-0.05, 0) is 10.4 Å². The minimum Gasteiger partial charge on any atom is -0.461 e. The summed E-state index contributed by atoms with van der Waals surface area (Å²) in [5.74, 6) is 0.206. The summed E-state index contributed by atoms with van der Waals surface area (Å²) in [5.41, 5.74) is 0. The third-order valence-corrected chi connectivity index (χ3v) is 3.36. The first-order valence-electron chi connectivity index (χ1n) is 5.88. The monoisotopic (exact) mass is 274 g/mol. The molecule has 1 N–H and O–H groups in total. The van der Waals surface area contributed by atoms with Gasteiger partial charge < -0.3 is 9.84 Å². The molecule has 0 aromatic carbocycles. The van der Waals surface area contributed by atoms with Gasteiger partial charge in [-0.25, -0.2) is 4.68 Å². The molecule has 0 amide bonds. The van der Waals surface area contributed by atoms with E-state index in [1.165, 1.54) is 11.8 Å². The number of cyclic esters (lactones) is 1. The Balaban J connectivity index is 0.000000771. The summed E-state index contributed by atoms with van der Waals surface area (Å²) < 4.78 is 6.64. The molecule has 0 bridgehead atoms. The smallest absolute Gasteiger partial charge is 0.308 e. The third kappa shape index (κ3) is 4.26. The predicted molar refractivity (Wildman–Crippen MR) is 66.0 cm³/mol. The van der Waals surface area contributed by atoms with Crippen LogP contribution < -0.4 is 0 Å². The minimum atomic E-state index is -0.593. The molecule has 1 saturated heterocycles. The van der Waals surface area contributed by atoms with E-state index in [2.05, 4.69) is 15.5 Å². The van der Waals surface area contributed by atoms with Crippen LogP contribution in [0.3, 0.4) is 0 Å². The molecular formula is C10H18N4O3S. The van der Waals surface area contributed by atoms with Crippen molar-refractivity contribution in [1.82, 2.24) is 20.2 Å². The van der Waals surface area contributed by atoms with E-state index in [-0.39, 0.29) is 18.5 Å². The first-order valence-corrected chi connectivity index (χ1v) is 6.86. The second-order valence-electron chi connectivity index (χ2n) is 3.60. The number of carbonyl (C=O) groups is 1. The summed E-state index contributed by atoms with van der Waals surface area (Å²) in [6.45, 7) is 4.00. The molecule has 1 aromatic rings. The van der Waals surface area contributed by atoms with Crippen LogP contribution in [-0.2, 0) is 16.6 Å². The zero-order valence-electron chi connectivity index (χ0n) is 10.7. The van der Waals surface area contributed by atoms with Crippen molar-refractivity contribution in [3.05, 3.63) is 0 Å². The number of aromatic nitrogens is 4. The molecule has 2 rings (SSSR count). The van der Waals surface area contributed by atoms with Gasteiger partial charge in [0.2, 0.25) is 5.16 Å². The molecule has 7 nitrogen and oxygen atoms in total. The Hall–Kier alpha value is -1.15. The van der Waals surface area contributed by atoms with Gasteiger partial charge in [0.15, 0.2) is 0 Å². The van der Waals surface area contributed by atoms with Gasteiger partial charge in [-0.2, -0.15) is 0 Å². The van der Waals surface area contributed by atoms with Gasteiger partial charge in [0.25, 0.3) is 0 Å². The zero-order valence-corrected chi connectivity index (χ0v) is 11.6. The molecule has 1 aliphatic rings. The van der Waals surface area contributed by atoms with Crippen LogP contribution in [-0.4, -0.2) is 49.2 Å². The lowest BCUT2D eigenvalue weighted by molar-refractivity contribution is -0.158. The number of thioether (sulfide) groups is 1. The molecule has 0 saturated carbocycles. The molecular weight excluding hydrogens is 256 g/mol. The SMILES string of the molecule is CC.Cn1nnnc1SCC1CC(O)CC(=O)O1. The molecule has 8 heteroatoms. The first-order chi connectivity index (χ1) is 8.65. The average molecular weight is 274 g/mol. The van der Waals surface area contributed by atoms with Gasteiger partial charge in [0.05, 0.1) is 12.5 Å². The lowest BCUT2D eigenvalue weighted by Gasteiger charge is -2.25.